The molecule has 1 heterocycles. The van der Waals surface area contributed by atoms with Crippen LogP contribution in [0.25, 0.3) is 0 Å². The Balaban J connectivity index is 2.54. The fraction of sp³-hybridized carbons (Fsp3) is 0.600. The van der Waals surface area contributed by atoms with Crippen molar-refractivity contribution in [3.05, 3.63) is 0 Å². The Morgan fingerprint density at radius 2 is 2.16 bits per heavy atom. The van der Waals surface area contributed by atoms with E-state index in [2.05, 4.69) is 20.0 Å². The molecule has 0 spiro atoms. The lowest BCUT2D eigenvalue weighted by atomic mass is 10.0. The lowest BCUT2D eigenvalue weighted by Gasteiger charge is -2.16. The van der Waals surface area contributed by atoms with Crippen molar-refractivity contribution in [3.63, 3.8) is 0 Å². The molecule has 0 fully saturated rings. The number of carboxylic acid groups (broad SMARTS) is 1. The van der Waals surface area contributed by atoms with Gasteiger partial charge >= 0.3 is 18.0 Å². The highest BCUT2D eigenvalue weighted by Crippen LogP contribution is 2.15. The van der Waals surface area contributed by atoms with Crippen LogP contribution in [0.3, 0.4) is 0 Å². The molecule has 0 bridgehead atoms. The first-order chi connectivity index (χ1) is 8.92. The molecule has 0 radical (unpaired) electrons. The van der Waals surface area contributed by atoms with Crippen molar-refractivity contribution in [2.45, 2.75) is 26.3 Å². The molecular weight excluding hydrogens is 272 g/mol. The third-order valence-corrected chi connectivity index (χ3v) is 2.73. The second kappa shape index (κ2) is 6.88. The Labute approximate surface area is 114 Å². The van der Waals surface area contributed by atoms with Gasteiger partial charge in [-0.15, -0.1) is 4.37 Å². The number of carbonyl (C=O) groups is 2. The van der Waals surface area contributed by atoms with Gasteiger partial charge in [-0.3, -0.25) is 5.32 Å². The Kier molecular flexibility index (Phi) is 5.49. The SMILES string of the molecule is COc1nsc(NC(=O)N[C@@H](CC(C)C)C(=O)O)n1. The van der Waals surface area contributed by atoms with Gasteiger partial charge in [-0.1, -0.05) is 13.8 Å². The van der Waals surface area contributed by atoms with Gasteiger partial charge in [-0.2, -0.15) is 4.98 Å². The van der Waals surface area contributed by atoms with E-state index >= 15 is 0 Å². The van der Waals surface area contributed by atoms with Gasteiger partial charge in [0.2, 0.25) is 5.13 Å². The lowest BCUT2D eigenvalue weighted by Crippen LogP contribution is -2.43. The van der Waals surface area contributed by atoms with Crippen LogP contribution in [-0.4, -0.2) is 39.6 Å². The zero-order chi connectivity index (χ0) is 14.4. The summed E-state index contributed by atoms with van der Waals surface area (Å²) in [4.78, 5) is 26.5. The highest BCUT2D eigenvalue weighted by Gasteiger charge is 2.21. The van der Waals surface area contributed by atoms with E-state index < -0.39 is 18.0 Å². The molecule has 9 heteroatoms. The first kappa shape index (κ1) is 15.2. The predicted molar refractivity (Wildman–Crippen MR) is 69.5 cm³/mol. The van der Waals surface area contributed by atoms with Gasteiger partial charge in [0.05, 0.1) is 7.11 Å². The Morgan fingerprint density at radius 1 is 1.47 bits per heavy atom. The van der Waals surface area contributed by atoms with Gasteiger partial charge in [-0.05, 0) is 12.3 Å². The molecule has 3 N–H and O–H groups in total. The van der Waals surface area contributed by atoms with Crippen LogP contribution in [0.4, 0.5) is 9.93 Å². The minimum absolute atomic E-state index is 0.150. The fourth-order valence-corrected chi connectivity index (χ4v) is 1.87. The maximum absolute atomic E-state index is 11.6. The molecule has 106 valence electrons. The monoisotopic (exact) mass is 288 g/mol. The minimum atomic E-state index is -1.07. The van der Waals surface area contributed by atoms with Crippen LogP contribution in [0, 0.1) is 5.92 Å². The van der Waals surface area contributed by atoms with Crippen molar-refractivity contribution >= 4 is 28.7 Å². The summed E-state index contributed by atoms with van der Waals surface area (Å²) in [6.07, 6.45) is 0.349. The molecule has 0 unspecified atom stereocenters. The number of amides is 2. The number of ether oxygens (including phenoxy) is 1. The van der Waals surface area contributed by atoms with Gasteiger partial charge in [-0.25, -0.2) is 9.59 Å². The number of hydrogen-bond donors (Lipinski definition) is 3. The molecule has 0 saturated carbocycles. The number of carbonyl (C=O) groups excluding carboxylic acids is 1. The minimum Gasteiger partial charge on any atom is -0.480 e. The molecule has 1 aromatic heterocycles. The summed E-state index contributed by atoms with van der Waals surface area (Å²) in [5, 5.41) is 14.0. The van der Waals surface area contributed by atoms with E-state index in [1.165, 1.54) is 7.11 Å². The third kappa shape index (κ3) is 5.08. The Morgan fingerprint density at radius 3 is 2.63 bits per heavy atom. The molecular formula is C10H16N4O4S. The highest BCUT2D eigenvalue weighted by atomic mass is 32.1. The van der Waals surface area contributed by atoms with Gasteiger partial charge in [0.15, 0.2) is 0 Å². The van der Waals surface area contributed by atoms with Gasteiger partial charge < -0.3 is 15.2 Å². The van der Waals surface area contributed by atoms with Crippen molar-refractivity contribution in [3.8, 4) is 6.01 Å². The van der Waals surface area contributed by atoms with E-state index in [1.54, 1.807) is 0 Å². The quantitative estimate of drug-likeness (QED) is 0.724. The number of nitrogens with zero attached hydrogens (tertiary/aromatic N) is 2. The van der Waals surface area contributed by atoms with Crippen LogP contribution in [0.5, 0.6) is 6.01 Å². The summed E-state index contributed by atoms with van der Waals surface area (Å²) in [5.74, 6) is -0.915. The molecule has 2 amide bonds. The van der Waals surface area contributed by atoms with E-state index in [9.17, 15) is 9.59 Å². The van der Waals surface area contributed by atoms with Gasteiger partial charge in [0.1, 0.15) is 6.04 Å². The van der Waals surface area contributed by atoms with Crippen molar-refractivity contribution in [2.75, 3.05) is 12.4 Å². The van der Waals surface area contributed by atoms with E-state index in [1.807, 2.05) is 13.8 Å². The lowest BCUT2D eigenvalue weighted by molar-refractivity contribution is -0.139. The third-order valence-electron chi connectivity index (χ3n) is 2.12. The van der Waals surface area contributed by atoms with Gasteiger partial charge in [0, 0.05) is 11.5 Å². The zero-order valence-electron chi connectivity index (χ0n) is 10.8. The van der Waals surface area contributed by atoms with E-state index in [0.717, 1.165) is 11.5 Å². The molecule has 0 aliphatic heterocycles. The van der Waals surface area contributed by atoms with Crippen LogP contribution in [-0.2, 0) is 4.79 Å². The molecule has 0 aliphatic rings. The number of rotatable bonds is 6. The number of anilines is 1. The first-order valence-corrected chi connectivity index (χ1v) is 6.37. The second-order valence-electron chi connectivity index (χ2n) is 4.21. The highest BCUT2D eigenvalue weighted by molar-refractivity contribution is 7.10. The molecule has 19 heavy (non-hydrogen) atoms. The molecule has 0 saturated heterocycles. The largest absolute Gasteiger partial charge is 0.480 e. The fourth-order valence-electron chi connectivity index (χ4n) is 1.33. The van der Waals surface area contributed by atoms with E-state index in [4.69, 9.17) is 9.84 Å². The summed E-state index contributed by atoms with van der Waals surface area (Å²) in [7, 11) is 1.41. The normalized spacial score (nSPS) is 12.0. The summed E-state index contributed by atoms with van der Waals surface area (Å²) < 4.78 is 8.57. The average Bonchev–Trinajstić information content (AvgIpc) is 2.75. The van der Waals surface area contributed by atoms with Crippen LogP contribution >= 0.6 is 11.5 Å². The average molecular weight is 288 g/mol. The van der Waals surface area contributed by atoms with E-state index in [-0.39, 0.29) is 17.1 Å². The molecule has 0 aromatic carbocycles. The van der Waals surface area contributed by atoms with Gasteiger partial charge in [0.25, 0.3) is 0 Å². The van der Waals surface area contributed by atoms with E-state index in [0.29, 0.717) is 6.42 Å². The first-order valence-electron chi connectivity index (χ1n) is 5.60. The van der Waals surface area contributed by atoms with Crippen molar-refractivity contribution in [2.24, 2.45) is 5.92 Å². The molecule has 8 nitrogen and oxygen atoms in total. The summed E-state index contributed by atoms with van der Waals surface area (Å²) in [5.41, 5.74) is 0. The maximum Gasteiger partial charge on any atom is 0.329 e. The maximum atomic E-state index is 11.6. The molecule has 1 atom stereocenters. The number of aliphatic carboxylic acids is 1. The second-order valence-corrected chi connectivity index (χ2v) is 4.96. The molecule has 1 rings (SSSR count). The summed E-state index contributed by atoms with van der Waals surface area (Å²) >= 11 is 0.946. The molecule has 0 aliphatic carbocycles. The van der Waals surface area contributed by atoms with Crippen molar-refractivity contribution in [1.29, 1.82) is 0 Å². The molecule has 1 aromatic rings. The smallest absolute Gasteiger partial charge is 0.329 e. The van der Waals surface area contributed by atoms with Crippen LogP contribution in [0.1, 0.15) is 20.3 Å². The number of carboxylic acids is 1. The number of methoxy groups -OCH3 is 1. The summed E-state index contributed by atoms with van der Waals surface area (Å²) in [6.45, 7) is 3.76. The van der Waals surface area contributed by atoms with Crippen LogP contribution < -0.4 is 15.4 Å². The van der Waals surface area contributed by atoms with Crippen LogP contribution in [0.15, 0.2) is 0 Å². The Hall–Kier alpha value is -1.90. The van der Waals surface area contributed by atoms with Crippen molar-refractivity contribution < 1.29 is 19.4 Å². The summed E-state index contributed by atoms with van der Waals surface area (Å²) in [6, 6.07) is -1.42. The van der Waals surface area contributed by atoms with Crippen LogP contribution in [0.2, 0.25) is 0 Å². The topological polar surface area (TPSA) is 113 Å². The number of aromatic nitrogens is 2. The number of hydrogen-bond acceptors (Lipinski definition) is 6. The number of nitrogens with one attached hydrogen (secondary N) is 2. The standard InChI is InChI=1S/C10H16N4O4S/c1-5(2)4-6(7(15)16)11-8(17)12-10-13-9(18-3)14-19-10/h5-6H,4H2,1-3H3,(H,15,16)(H2,11,12,13,14,17)/t6-/m0/s1. The Bertz CT molecular complexity index is 448. The van der Waals surface area contributed by atoms with Crippen molar-refractivity contribution in [1.82, 2.24) is 14.7 Å². The number of urea groups is 1. The predicted octanol–water partition coefficient (Wildman–Crippen LogP) is 1.17. The zero-order valence-corrected chi connectivity index (χ0v) is 11.7.